The summed E-state index contributed by atoms with van der Waals surface area (Å²) in [6.07, 6.45) is -1.06. The molecule has 0 saturated carbocycles. The molecule has 23 heavy (non-hydrogen) atoms. The first-order valence-corrected chi connectivity index (χ1v) is 7.29. The van der Waals surface area contributed by atoms with Crippen LogP contribution < -0.4 is 0 Å². The molecule has 1 aromatic carbocycles. The Bertz CT molecular complexity index is 601. The monoisotopic (exact) mass is 320 g/mol. The highest BCUT2D eigenvalue weighted by Crippen LogP contribution is 2.22. The molecule has 124 valence electrons. The lowest BCUT2D eigenvalue weighted by Gasteiger charge is -2.28. The summed E-state index contributed by atoms with van der Waals surface area (Å²) in [7, 11) is 0. The molecular formula is C16H20N2O5. The molecule has 0 bridgehead atoms. The second kappa shape index (κ2) is 6.37. The molecular weight excluding hydrogens is 300 g/mol. The number of carbonyl (C=O) groups is 3. The van der Waals surface area contributed by atoms with E-state index in [0.717, 1.165) is 0 Å². The molecule has 1 aromatic rings. The maximum absolute atomic E-state index is 12.1. The number of nitrogens with zero attached hydrogens (tertiary/aromatic N) is 2. The summed E-state index contributed by atoms with van der Waals surface area (Å²) in [4.78, 5) is 41.9. The Morgan fingerprint density at radius 3 is 2.13 bits per heavy atom. The van der Waals surface area contributed by atoms with Gasteiger partial charge in [-0.1, -0.05) is 32.9 Å². The number of rotatable bonds is 5. The molecule has 1 aliphatic heterocycles. The lowest BCUT2D eigenvalue weighted by molar-refractivity contribution is -0.0951. The molecule has 1 aliphatic rings. The third-order valence-electron chi connectivity index (χ3n) is 3.27. The fraction of sp³-hybridized carbons (Fsp3) is 0.438. The SMILES string of the molecule is CC(C)(C)CN(CCON1C(=O)c2ccccc2C1=O)C(=O)O. The summed E-state index contributed by atoms with van der Waals surface area (Å²) in [5.74, 6) is -1.05. The van der Waals surface area contributed by atoms with E-state index in [-0.39, 0.29) is 18.6 Å². The Morgan fingerprint density at radius 1 is 1.17 bits per heavy atom. The Kier molecular flexibility index (Phi) is 4.70. The first kappa shape index (κ1) is 17.0. The number of carbonyl (C=O) groups excluding carboxylic acids is 2. The number of fused-ring (bicyclic) bond motifs is 1. The van der Waals surface area contributed by atoms with E-state index in [0.29, 0.717) is 22.7 Å². The lowest BCUT2D eigenvalue weighted by Crippen LogP contribution is -2.40. The van der Waals surface area contributed by atoms with E-state index in [1.165, 1.54) is 4.90 Å². The molecule has 7 heteroatoms. The van der Waals surface area contributed by atoms with Gasteiger partial charge >= 0.3 is 6.09 Å². The third-order valence-corrected chi connectivity index (χ3v) is 3.27. The summed E-state index contributed by atoms with van der Waals surface area (Å²) >= 11 is 0. The molecule has 7 nitrogen and oxygen atoms in total. The molecule has 3 amide bonds. The minimum Gasteiger partial charge on any atom is -0.465 e. The lowest BCUT2D eigenvalue weighted by atomic mass is 9.96. The smallest absolute Gasteiger partial charge is 0.407 e. The topological polar surface area (TPSA) is 87.2 Å². The molecule has 2 rings (SSSR count). The van der Waals surface area contributed by atoms with Crippen molar-refractivity contribution < 1.29 is 24.3 Å². The van der Waals surface area contributed by atoms with Gasteiger partial charge in [-0.3, -0.25) is 14.4 Å². The van der Waals surface area contributed by atoms with E-state index < -0.39 is 17.9 Å². The van der Waals surface area contributed by atoms with Gasteiger partial charge in [0.05, 0.1) is 17.7 Å². The van der Waals surface area contributed by atoms with Crippen LogP contribution in [0.3, 0.4) is 0 Å². The highest BCUT2D eigenvalue weighted by molar-refractivity contribution is 6.20. The number of amides is 3. The van der Waals surface area contributed by atoms with Crippen LogP contribution in [-0.2, 0) is 4.84 Å². The number of carboxylic acid groups (broad SMARTS) is 1. The molecule has 1 N–H and O–H groups in total. The minimum atomic E-state index is -1.06. The Morgan fingerprint density at radius 2 is 1.70 bits per heavy atom. The molecule has 0 spiro atoms. The highest BCUT2D eigenvalue weighted by Gasteiger charge is 2.36. The summed E-state index contributed by atoms with van der Waals surface area (Å²) < 4.78 is 0. The van der Waals surface area contributed by atoms with Gasteiger partial charge in [0.1, 0.15) is 0 Å². The molecule has 0 fully saturated rings. The van der Waals surface area contributed by atoms with E-state index >= 15 is 0 Å². The van der Waals surface area contributed by atoms with Gasteiger partial charge in [-0.05, 0) is 17.5 Å². The van der Waals surface area contributed by atoms with Gasteiger partial charge in [-0.2, -0.15) is 0 Å². The van der Waals surface area contributed by atoms with Crippen LogP contribution in [0.4, 0.5) is 4.79 Å². The fourth-order valence-electron chi connectivity index (χ4n) is 2.34. The zero-order valence-corrected chi connectivity index (χ0v) is 13.4. The number of imide groups is 1. The van der Waals surface area contributed by atoms with E-state index in [9.17, 15) is 19.5 Å². The normalized spacial score (nSPS) is 14.1. The predicted molar refractivity (Wildman–Crippen MR) is 81.9 cm³/mol. The maximum atomic E-state index is 12.1. The zero-order chi connectivity index (χ0) is 17.2. The Labute approximate surface area is 134 Å². The van der Waals surface area contributed by atoms with Crippen molar-refractivity contribution in [2.75, 3.05) is 19.7 Å². The summed E-state index contributed by atoms with van der Waals surface area (Å²) in [6, 6.07) is 6.45. The summed E-state index contributed by atoms with van der Waals surface area (Å²) in [5, 5.41) is 9.89. The van der Waals surface area contributed by atoms with Crippen LogP contribution in [0, 0.1) is 5.41 Å². The standard InChI is InChI=1S/C16H20N2O5/c1-16(2,3)10-17(15(21)22)8-9-23-18-13(19)11-6-4-5-7-12(11)14(18)20/h4-7H,8-10H2,1-3H3,(H,21,22). The molecule has 0 saturated heterocycles. The van der Waals surface area contributed by atoms with Crippen molar-refractivity contribution in [3.63, 3.8) is 0 Å². The highest BCUT2D eigenvalue weighted by atomic mass is 16.7. The third kappa shape index (κ3) is 3.87. The second-order valence-electron chi connectivity index (χ2n) is 6.55. The second-order valence-corrected chi connectivity index (χ2v) is 6.55. The molecule has 1 heterocycles. The molecule has 0 aliphatic carbocycles. The van der Waals surface area contributed by atoms with E-state index in [2.05, 4.69) is 0 Å². The van der Waals surface area contributed by atoms with Gasteiger partial charge in [-0.25, -0.2) is 4.79 Å². The summed E-state index contributed by atoms with van der Waals surface area (Å²) in [6.45, 7) is 6.09. The summed E-state index contributed by atoms with van der Waals surface area (Å²) in [5.41, 5.74) is 0.387. The fourth-order valence-corrected chi connectivity index (χ4v) is 2.34. The largest absolute Gasteiger partial charge is 0.465 e. The number of benzene rings is 1. The zero-order valence-electron chi connectivity index (χ0n) is 13.4. The predicted octanol–water partition coefficient (Wildman–Crippen LogP) is 2.24. The first-order valence-electron chi connectivity index (χ1n) is 7.29. The quantitative estimate of drug-likeness (QED) is 0.841. The minimum absolute atomic E-state index is 0.0695. The van der Waals surface area contributed by atoms with Crippen molar-refractivity contribution in [2.24, 2.45) is 5.41 Å². The van der Waals surface area contributed by atoms with Crippen molar-refractivity contribution >= 4 is 17.9 Å². The van der Waals surface area contributed by atoms with Gasteiger partial charge in [0.2, 0.25) is 0 Å². The van der Waals surface area contributed by atoms with Crippen LogP contribution in [0.15, 0.2) is 24.3 Å². The molecule has 0 atom stereocenters. The van der Waals surface area contributed by atoms with Crippen molar-refractivity contribution in [3.8, 4) is 0 Å². The van der Waals surface area contributed by atoms with Crippen LogP contribution >= 0.6 is 0 Å². The number of hydrogen-bond donors (Lipinski definition) is 1. The van der Waals surface area contributed by atoms with Crippen molar-refractivity contribution in [1.29, 1.82) is 0 Å². The van der Waals surface area contributed by atoms with Gasteiger partial charge in [0.25, 0.3) is 11.8 Å². The van der Waals surface area contributed by atoms with Crippen molar-refractivity contribution in [3.05, 3.63) is 35.4 Å². The van der Waals surface area contributed by atoms with Crippen LogP contribution in [0.2, 0.25) is 0 Å². The van der Waals surface area contributed by atoms with Gasteiger partial charge in [-0.15, -0.1) is 5.06 Å². The Hall–Kier alpha value is -2.41. The number of hydroxylamine groups is 2. The van der Waals surface area contributed by atoms with Gasteiger partial charge in [0, 0.05) is 13.1 Å². The van der Waals surface area contributed by atoms with Crippen LogP contribution in [0.5, 0.6) is 0 Å². The molecule has 0 unspecified atom stereocenters. The number of hydrogen-bond acceptors (Lipinski definition) is 4. The maximum Gasteiger partial charge on any atom is 0.407 e. The average molecular weight is 320 g/mol. The molecule has 0 aromatic heterocycles. The van der Waals surface area contributed by atoms with Crippen LogP contribution in [0.25, 0.3) is 0 Å². The van der Waals surface area contributed by atoms with Crippen LogP contribution in [-0.4, -0.2) is 52.7 Å². The van der Waals surface area contributed by atoms with E-state index in [1.807, 2.05) is 20.8 Å². The van der Waals surface area contributed by atoms with E-state index in [4.69, 9.17) is 4.84 Å². The van der Waals surface area contributed by atoms with Crippen LogP contribution in [0.1, 0.15) is 41.5 Å². The van der Waals surface area contributed by atoms with Gasteiger partial charge in [0.15, 0.2) is 0 Å². The first-order chi connectivity index (χ1) is 10.7. The van der Waals surface area contributed by atoms with E-state index in [1.54, 1.807) is 24.3 Å². The molecule has 0 radical (unpaired) electrons. The van der Waals surface area contributed by atoms with Crippen molar-refractivity contribution in [1.82, 2.24) is 9.96 Å². The van der Waals surface area contributed by atoms with Gasteiger partial charge < -0.3 is 10.0 Å². The van der Waals surface area contributed by atoms with Crippen molar-refractivity contribution in [2.45, 2.75) is 20.8 Å². The average Bonchev–Trinajstić information content (AvgIpc) is 2.70. The Balaban J connectivity index is 1.95.